The first-order chi connectivity index (χ1) is 5.57. The number of rotatable bonds is 4. The Balaban J connectivity index is 3.93. The summed E-state index contributed by atoms with van der Waals surface area (Å²) in [5.74, 6) is 0. The van der Waals surface area contributed by atoms with E-state index >= 15 is 0 Å². The minimum Gasteiger partial charge on any atom is -0.365 e. The van der Waals surface area contributed by atoms with Crippen molar-refractivity contribution in [2.45, 2.75) is 20.8 Å². The molecule has 0 amide bonds. The Morgan fingerprint density at radius 1 is 1.25 bits per heavy atom. The monoisotopic (exact) mass is 163 g/mol. The highest BCUT2D eigenvalue weighted by Gasteiger charge is 1.86. The third kappa shape index (κ3) is 4.56. The van der Waals surface area contributed by atoms with E-state index in [1.165, 1.54) is 0 Å². The van der Waals surface area contributed by atoms with Crippen LogP contribution in [0.25, 0.3) is 0 Å². The van der Waals surface area contributed by atoms with Crippen LogP contribution in [0.4, 0.5) is 0 Å². The predicted molar refractivity (Wildman–Crippen MR) is 55.7 cm³/mol. The quantitative estimate of drug-likeness (QED) is 0.628. The third-order valence-electron chi connectivity index (χ3n) is 1.58. The maximum atomic E-state index is 3.83. The molecule has 0 fully saturated rings. The molecule has 1 nitrogen and oxygen atoms in total. The van der Waals surface area contributed by atoms with Crippen LogP contribution < -0.4 is 5.32 Å². The van der Waals surface area contributed by atoms with E-state index in [0.717, 1.165) is 16.8 Å². The minimum absolute atomic E-state index is 0.950. The van der Waals surface area contributed by atoms with Crippen LogP contribution in [0.3, 0.4) is 0 Å². The van der Waals surface area contributed by atoms with Gasteiger partial charge in [0.05, 0.1) is 0 Å². The minimum atomic E-state index is 0.950. The SMILES string of the molecule is C=C(C)C(=C)/C=C\N/C(C)=C\C. The lowest BCUT2D eigenvalue weighted by molar-refractivity contribution is 1.05. The van der Waals surface area contributed by atoms with E-state index in [0.29, 0.717) is 0 Å². The van der Waals surface area contributed by atoms with Crippen LogP contribution in [0.2, 0.25) is 0 Å². The molecule has 0 aliphatic carbocycles. The van der Waals surface area contributed by atoms with Gasteiger partial charge >= 0.3 is 0 Å². The van der Waals surface area contributed by atoms with E-state index in [1.807, 2.05) is 39.1 Å². The standard InChI is InChI=1S/C11H17N/c1-6-11(5)12-8-7-10(4)9(2)3/h6-8,12H,2,4H2,1,3,5H3/b8-7-,11-6-. The Morgan fingerprint density at radius 3 is 2.25 bits per heavy atom. The van der Waals surface area contributed by atoms with Crippen LogP contribution in [0.15, 0.2) is 48.4 Å². The second kappa shape index (κ2) is 5.42. The van der Waals surface area contributed by atoms with E-state index in [9.17, 15) is 0 Å². The summed E-state index contributed by atoms with van der Waals surface area (Å²) in [6.07, 6.45) is 5.79. The van der Waals surface area contributed by atoms with E-state index in [2.05, 4.69) is 18.5 Å². The molecule has 0 aromatic rings. The van der Waals surface area contributed by atoms with E-state index < -0.39 is 0 Å². The highest BCUT2D eigenvalue weighted by Crippen LogP contribution is 2.03. The Bertz CT molecular complexity index is 231. The maximum Gasteiger partial charge on any atom is 0.00714 e. The first-order valence-corrected chi connectivity index (χ1v) is 3.98. The molecule has 1 heteroatoms. The summed E-state index contributed by atoms with van der Waals surface area (Å²) in [4.78, 5) is 0. The van der Waals surface area contributed by atoms with Crippen molar-refractivity contribution in [2.75, 3.05) is 0 Å². The second-order valence-corrected chi connectivity index (χ2v) is 2.75. The van der Waals surface area contributed by atoms with Crippen molar-refractivity contribution < 1.29 is 0 Å². The van der Waals surface area contributed by atoms with Gasteiger partial charge in [0.1, 0.15) is 0 Å². The lowest BCUT2D eigenvalue weighted by Crippen LogP contribution is -1.99. The summed E-state index contributed by atoms with van der Waals surface area (Å²) in [6, 6.07) is 0. The van der Waals surface area contributed by atoms with Gasteiger partial charge in [-0.05, 0) is 32.4 Å². The molecule has 1 N–H and O–H groups in total. The summed E-state index contributed by atoms with van der Waals surface area (Å²) in [5, 5.41) is 3.10. The molecule has 0 aromatic carbocycles. The molecule has 0 spiro atoms. The van der Waals surface area contributed by atoms with Crippen molar-refractivity contribution in [1.82, 2.24) is 5.32 Å². The lowest BCUT2D eigenvalue weighted by Gasteiger charge is -1.99. The fourth-order valence-electron chi connectivity index (χ4n) is 0.499. The molecule has 0 bridgehead atoms. The normalized spacial score (nSPS) is 11.8. The van der Waals surface area contributed by atoms with E-state index in [1.54, 1.807) is 0 Å². The Kier molecular flexibility index (Phi) is 4.86. The fraction of sp³-hybridized carbons (Fsp3) is 0.273. The van der Waals surface area contributed by atoms with Gasteiger partial charge in [0.2, 0.25) is 0 Å². The Hall–Kier alpha value is -1.24. The topological polar surface area (TPSA) is 12.0 Å². The van der Waals surface area contributed by atoms with Gasteiger partial charge in [-0.15, -0.1) is 0 Å². The van der Waals surface area contributed by atoms with E-state index in [-0.39, 0.29) is 0 Å². The third-order valence-corrected chi connectivity index (χ3v) is 1.58. The molecular formula is C11H17N. The average molecular weight is 163 g/mol. The molecule has 0 aliphatic heterocycles. The summed E-state index contributed by atoms with van der Waals surface area (Å²) < 4.78 is 0. The average Bonchev–Trinajstić information content (AvgIpc) is 2.03. The lowest BCUT2D eigenvalue weighted by atomic mass is 10.1. The Morgan fingerprint density at radius 2 is 1.83 bits per heavy atom. The zero-order valence-corrected chi connectivity index (χ0v) is 8.15. The van der Waals surface area contributed by atoms with Crippen molar-refractivity contribution >= 4 is 0 Å². The van der Waals surface area contributed by atoms with Gasteiger partial charge in [-0.1, -0.05) is 24.8 Å². The molecule has 0 unspecified atom stereocenters. The number of hydrogen-bond donors (Lipinski definition) is 1. The van der Waals surface area contributed by atoms with Gasteiger partial charge in [0, 0.05) is 11.9 Å². The molecule has 0 saturated carbocycles. The van der Waals surface area contributed by atoms with Crippen molar-refractivity contribution in [2.24, 2.45) is 0 Å². The fourth-order valence-corrected chi connectivity index (χ4v) is 0.499. The molecule has 0 atom stereocenters. The summed E-state index contributed by atoms with van der Waals surface area (Å²) in [5.41, 5.74) is 3.07. The first kappa shape index (κ1) is 10.8. The van der Waals surface area contributed by atoms with Gasteiger partial charge in [-0.2, -0.15) is 0 Å². The molecular weight excluding hydrogens is 146 g/mol. The van der Waals surface area contributed by atoms with E-state index in [4.69, 9.17) is 0 Å². The highest BCUT2D eigenvalue weighted by atomic mass is 14.8. The van der Waals surface area contributed by atoms with Crippen molar-refractivity contribution in [3.8, 4) is 0 Å². The molecule has 12 heavy (non-hydrogen) atoms. The molecule has 66 valence electrons. The van der Waals surface area contributed by atoms with Crippen LogP contribution in [-0.4, -0.2) is 0 Å². The van der Waals surface area contributed by atoms with Crippen molar-refractivity contribution in [1.29, 1.82) is 0 Å². The van der Waals surface area contributed by atoms with Crippen LogP contribution in [0.1, 0.15) is 20.8 Å². The van der Waals surface area contributed by atoms with Gasteiger partial charge in [0.15, 0.2) is 0 Å². The van der Waals surface area contributed by atoms with Crippen LogP contribution in [-0.2, 0) is 0 Å². The highest BCUT2D eigenvalue weighted by molar-refractivity contribution is 5.33. The maximum absolute atomic E-state index is 3.83. The zero-order valence-electron chi connectivity index (χ0n) is 8.15. The molecule has 0 heterocycles. The molecule has 0 aliphatic rings. The van der Waals surface area contributed by atoms with Crippen molar-refractivity contribution in [3.63, 3.8) is 0 Å². The number of nitrogens with one attached hydrogen (secondary N) is 1. The van der Waals surface area contributed by atoms with Gasteiger partial charge in [-0.3, -0.25) is 0 Å². The van der Waals surface area contributed by atoms with Crippen LogP contribution in [0.5, 0.6) is 0 Å². The summed E-state index contributed by atoms with van der Waals surface area (Å²) in [7, 11) is 0. The van der Waals surface area contributed by atoms with Crippen LogP contribution in [0, 0.1) is 0 Å². The molecule has 0 radical (unpaired) electrons. The van der Waals surface area contributed by atoms with Crippen LogP contribution >= 0.6 is 0 Å². The smallest absolute Gasteiger partial charge is 0.00714 e. The number of hydrogen-bond acceptors (Lipinski definition) is 1. The Labute approximate surface area is 75.2 Å². The largest absolute Gasteiger partial charge is 0.365 e. The zero-order chi connectivity index (χ0) is 9.56. The summed E-state index contributed by atoms with van der Waals surface area (Å²) in [6.45, 7) is 13.5. The second-order valence-electron chi connectivity index (χ2n) is 2.75. The van der Waals surface area contributed by atoms with Crippen molar-refractivity contribution in [3.05, 3.63) is 48.4 Å². The predicted octanol–water partition coefficient (Wildman–Crippen LogP) is 3.15. The summed E-state index contributed by atoms with van der Waals surface area (Å²) >= 11 is 0. The van der Waals surface area contributed by atoms with Gasteiger partial charge in [-0.25, -0.2) is 0 Å². The van der Waals surface area contributed by atoms with Gasteiger partial charge < -0.3 is 5.32 Å². The number of allylic oxidation sites excluding steroid dienone is 5. The first-order valence-electron chi connectivity index (χ1n) is 3.98. The van der Waals surface area contributed by atoms with Gasteiger partial charge in [0.25, 0.3) is 0 Å². The molecule has 0 aromatic heterocycles. The molecule has 0 saturated heterocycles. The molecule has 0 rings (SSSR count).